The molecule has 0 spiro atoms. The summed E-state index contributed by atoms with van der Waals surface area (Å²) in [6.45, 7) is 0. The Kier molecular flexibility index (Phi) is 1.73. The average Bonchev–Trinajstić information content (AvgIpc) is 2.59. The van der Waals surface area contributed by atoms with E-state index in [4.69, 9.17) is 0 Å². The van der Waals surface area contributed by atoms with E-state index in [1.807, 2.05) is 0 Å². The molecule has 2 aromatic carbocycles. The third-order valence-corrected chi connectivity index (χ3v) is 3.47. The maximum atomic E-state index is 3.45. The Morgan fingerprint density at radius 3 is 2.57 bits per heavy atom. The van der Waals surface area contributed by atoms with Crippen LogP contribution in [0.25, 0.3) is 21.8 Å². The summed E-state index contributed by atoms with van der Waals surface area (Å²) >= 11 is 2.14. The number of rotatable bonds is 0. The van der Waals surface area contributed by atoms with Crippen molar-refractivity contribution in [2.45, 2.75) is 0 Å². The second-order valence-electron chi connectivity index (χ2n) is 3.31. The van der Waals surface area contributed by atoms with Crippen molar-refractivity contribution in [3.05, 3.63) is 42.5 Å². The Bertz CT molecular complexity index is 610. The van der Waals surface area contributed by atoms with Crippen LogP contribution in [-0.4, -0.2) is 4.98 Å². The van der Waals surface area contributed by atoms with Crippen molar-refractivity contribution in [3.8, 4) is 0 Å². The molecule has 1 N–H and O–H groups in total. The van der Waals surface area contributed by atoms with E-state index in [-0.39, 0.29) is 0 Å². The fourth-order valence-electron chi connectivity index (χ4n) is 1.82. The van der Waals surface area contributed by atoms with E-state index in [2.05, 4.69) is 66.3 Å². The fourth-order valence-corrected chi connectivity index (χ4v) is 2.53. The average molecular weight is 358 g/mol. The van der Waals surface area contributed by atoms with Crippen LogP contribution in [-0.2, 0) is 18.9 Å². The number of nitrogens with one attached hydrogen (secondary N) is 1. The van der Waals surface area contributed by atoms with Gasteiger partial charge in [-0.05, 0) is 0 Å². The molecule has 1 heterocycles. The Morgan fingerprint density at radius 1 is 0.857 bits per heavy atom. The Balaban J connectivity index is 2.63. The molecule has 70 valence electrons. The number of hydrogen-bond acceptors (Lipinski definition) is 0. The first-order valence-corrected chi connectivity index (χ1v) is 5.69. The molecule has 0 saturated carbocycles. The van der Waals surface area contributed by atoms with Gasteiger partial charge in [0.25, 0.3) is 0 Å². The van der Waals surface area contributed by atoms with Crippen LogP contribution in [0.5, 0.6) is 0 Å². The van der Waals surface area contributed by atoms with Crippen LogP contribution in [0, 0.1) is 0 Å². The summed E-state index contributed by atoms with van der Waals surface area (Å²) in [5.74, 6) is 0. The fraction of sp³-hybridized carbons (Fsp3) is 0. The zero-order valence-electron chi connectivity index (χ0n) is 7.37. The molecule has 0 aliphatic carbocycles. The van der Waals surface area contributed by atoms with Gasteiger partial charge in [0.15, 0.2) is 0 Å². The molecule has 0 unspecified atom stereocenters. The van der Waals surface area contributed by atoms with Gasteiger partial charge < -0.3 is 0 Å². The van der Waals surface area contributed by atoms with Gasteiger partial charge in [-0.2, -0.15) is 0 Å². The third kappa shape index (κ3) is 1.05. The molecule has 1 aromatic heterocycles. The van der Waals surface area contributed by atoms with Crippen molar-refractivity contribution < 1.29 is 18.9 Å². The Hall–Kier alpha value is -1.11. The minimum atomic E-state index is 1.22. The van der Waals surface area contributed by atoms with Gasteiger partial charge in [0, 0.05) is 0 Å². The van der Waals surface area contributed by atoms with Gasteiger partial charge in [0.05, 0.1) is 0 Å². The molecule has 1 nitrogen and oxygen atoms in total. The number of aromatic nitrogens is 1. The molecule has 0 amide bonds. The van der Waals surface area contributed by atoms with Gasteiger partial charge in [0.2, 0.25) is 0 Å². The van der Waals surface area contributed by atoms with Crippen LogP contribution in [0.1, 0.15) is 0 Å². The molecule has 0 fully saturated rings. The molecule has 0 atom stereocenters. The van der Waals surface area contributed by atoms with E-state index in [0.29, 0.717) is 0 Å². The SMILES string of the molecule is [Ir][c]1cccc2c1[nH]c1ccccc12. The molecular weight excluding hydrogens is 350 g/mol. The van der Waals surface area contributed by atoms with Crippen LogP contribution in [0.15, 0.2) is 42.5 Å². The minimum absolute atomic E-state index is 1.22. The molecule has 0 radical (unpaired) electrons. The van der Waals surface area contributed by atoms with Crippen molar-refractivity contribution in [2.75, 3.05) is 0 Å². The number of para-hydroxylation sites is 2. The maximum absolute atomic E-state index is 3.45. The predicted molar refractivity (Wildman–Crippen MR) is 55.4 cm³/mol. The van der Waals surface area contributed by atoms with E-state index in [1.54, 1.807) is 0 Å². The molecule has 3 aromatic rings. The molecule has 0 aliphatic heterocycles. The monoisotopic (exact) mass is 359 g/mol. The summed E-state index contributed by atoms with van der Waals surface area (Å²) in [6.07, 6.45) is 0. The number of benzene rings is 2. The number of fused-ring (bicyclic) bond motifs is 3. The van der Waals surface area contributed by atoms with E-state index in [9.17, 15) is 0 Å². The van der Waals surface area contributed by atoms with Crippen LogP contribution in [0.2, 0.25) is 0 Å². The van der Waals surface area contributed by atoms with E-state index >= 15 is 0 Å². The van der Waals surface area contributed by atoms with Gasteiger partial charge in [-0.25, -0.2) is 0 Å². The van der Waals surface area contributed by atoms with Gasteiger partial charge in [-0.3, -0.25) is 0 Å². The molecule has 3 rings (SSSR count). The van der Waals surface area contributed by atoms with Gasteiger partial charge in [0.1, 0.15) is 0 Å². The van der Waals surface area contributed by atoms with Crippen LogP contribution >= 0.6 is 0 Å². The number of hydrogen-bond donors (Lipinski definition) is 1. The Labute approximate surface area is 92.3 Å². The first kappa shape index (κ1) is 8.22. The summed E-state index contributed by atoms with van der Waals surface area (Å²) in [7, 11) is 0. The zero-order chi connectivity index (χ0) is 9.54. The van der Waals surface area contributed by atoms with Crippen molar-refractivity contribution in [2.24, 2.45) is 0 Å². The van der Waals surface area contributed by atoms with E-state index in [1.165, 1.54) is 25.9 Å². The first-order chi connectivity index (χ1) is 6.86. The van der Waals surface area contributed by atoms with Gasteiger partial charge in [-0.15, -0.1) is 0 Å². The van der Waals surface area contributed by atoms with E-state index < -0.39 is 0 Å². The van der Waals surface area contributed by atoms with Crippen molar-refractivity contribution in [1.82, 2.24) is 4.98 Å². The van der Waals surface area contributed by atoms with Crippen LogP contribution in [0.3, 0.4) is 0 Å². The molecule has 14 heavy (non-hydrogen) atoms. The van der Waals surface area contributed by atoms with Crippen LogP contribution in [0.4, 0.5) is 0 Å². The second-order valence-corrected chi connectivity index (χ2v) is 4.60. The third-order valence-electron chi connectivity index (χ3n) is 2.47. The number of H-pyrrole nitrogens is 1. The standard InChI is InChI=1S/C12H8N.Ir/c1-3-7-11-9(5-1)10-6-2-4-8-12(10)13-11;/h1-7,13H;. The van der Waals surface area contributed by atoms with Gasteiger partial charge in [-0.1, -0.05) is 0 Å². The summed E-state index contributed by atoms with van der Waals surface area (Å²) < 4.78 is 1.30. The quantitative estimate of drug-likeness (QED) is 0.636. The van der Waals surface area contributed by atoms with Crippen molar-refractivity contribution in [1.29, 1.82) is 0 Å². The molecule has 0 aliphatic rings. The first-order valence-electron chi connectivity index (χ1n) is 4.49. The summed E-state index contributed by atoms with van der Waals surface area (Å²) in [4.78, 5) is 3.45. The van der Waals surface area contributed by atoms with Crippen molar-refractivity contribution >= 4 is 25.9 Å². The number of aromatic amines is 1. The molecule has 0 bridgehead atoms. The Morgan fingerprint density at radius 2 is 1.64 bits per heavy atom. The summed E-state index contributed by atoms with van der Waals surface area (Å²) in [5, 5.41) is 2.63. The van der Waals surface area contributed by atoms with Gasteiger partial charge >= 0.3 is 92.2 Å². The predicted octanol–water partition coefficient (Wildman–Crippen LogP) is 2.49. The van der Waals surface area contributed by atoms with Crippen LogP contribution < -0.4 is 4.08 Å². The van der Waals surface area contributed by atoms with Crippen molar-refractivity contribution in [3.63, 3.8) is 0 Å². The molecule has 0 saturated heterocycles. The van der Waals surface area contributed by atoms with E-state index in [0.717, 1.165) is 0 Å². The summed E-state index contributed by atoms with van der Waals surface area (Å²) in [5.41, 5.74) is 2.48. The molecule has 2 heteroatoms. The molecular formula is C12H8IrN. The zero-order valence-corrected chi connectivity index (χ0v) is 9.77. The summed E-state index contributed by atoms with van der Waals surface area (Å²) in [6, 6.07) is 14.8. The normalized spacial score (nSPS) is 11.3. The second kappa shape index (κ2) is 2.94. The topological polar surface area (TPSA) is 15.8 Å².